The minimum absolute atomic E-state index is 0.113. The Labute approximate surface area is 143 Å². The number of imide groups is 1. The van der Waals surface area contributed by atoms with E-state index in [1.54, 1.807) is 7.05 Å². The summed E-state index contributed by atoms with van der Waals surface area (Å²) < 4.78 is 2.04. The first-order chi connectivity index (χ1) is 11.3. The highest BCUT2D eigenvalue weighted by molar-refractivity contribution is 6.06. The van der Waals surface area contributed by atoms with Gasteiger partial charge in [-0.15, -0.1) is 0 Å². The molecule has 2 aliphatic heterocycles. The van der Waals surface area contributed by atoms with Crippen LogP contribution in [-0.2, 0) is 11.3 Å². The molecule has 0 aromatic carbocycles. The third-order valence-electron chi connectivity index (χ3n) is 5.47. The third kappa shape index (κ3) is 2.92. The Morgan fingerprint density at radius 1 is 1.33 bits per heavy atom. The smallest absolute Gasteiger partial charge is 0.323 e. The predicted molar refractivity (Wildman–Crippen MR) is 90.6 cm³/mol. The number of carbonyl (C=O) groups excluding carboxylic acids is 2. The zero-order valence-corrected chi connectivity index (χ0v) is 15.0. The molecular formula is C17H27N5O2. The van der Waals surface area contributed by atoms with E-state index >= 15 is 0 Å². The van der Waals surface area contributed by atoms with E-state index < -0.39 is 5.54 Å². The molecule has 3 heterocycles. The second-order valence-electron chi connectivity index (χ2n) is 7.29. The molecule has 2 aliphatic rings. The number of hydrogen-bond acceptors (Lipinski definition) is 4. The fourth-order valence-corrected chi connectivity index (χ4v) is 3.94. The molecule has 132 valence electrons. The molecule has 2 fully saturated rings. The summed E-state index contributed by atoms with van der Waals surface area (Å²) in [7, 11) is 1.55. The maximum atomic E-state index is 12.5. The number of carbonyl (C=O) groups is 2. The van der Waals surface area contributed by atoms with E-state index in [0.29, 0.717) is 0 Å². The van der Waals surface area contributed by atoms with Gasteiger partial charge in [0.05, 0.1) is 12.2 Å². The van der Waals surface area contributed by atoms with E-state index in [-0.39, 0.29) is 17.9 Å². The van der Waals surface area contributed by atoms with Crippen molar-refractivity contribution in [1.82, 2.24) is 24.9 Å². The zero-order chi connectivity index (χ0) is 17.5. The summed E-state index contributed by atoms with van der Waals surface area (Å²) in [5, 5.41) is 7.41. The van der Waals surface area contributed by atoms with Crippen LogP contribution in [0.2, 0.25) is 0 Å². The topological polar surface area (TPSA) is 70.5 Å². The molecule has 3 amide bonds. The Hall–Kier alpha value is -1.89. The van der Waals surface area contributed by atoms with Crippen molar-refractivity contribution in [2.24, 2.45) is 5.92 Å². The minimum Gasteiger partial charge on any atom is -0.323 e. The molecule has 0 saturated carbocycles. The fraction of sp³-hybridized carbons (Fsp3) is 0.706. The third-order valence-corrected chi connectivity index (χ3v) is 5.47. The summed E-state index contributed by atoms with van der Waals surface area (Å²) in [5.41, 5.74) is 1.44. The Bertz CT molecular complexity index is 655. The van der Waals surface area contributed by atoms with E-state index in [4.69, 9.17) is 0 Å². The highest BCUT2D eigenvalue weighted by atomic mass is 16.2. The largest absolute Gasteiger partial charge is 0.324 e. The second kappa shape index (κ2) is 6.20. The van der Waals surface area contributed by atoms with Crippen LogP contribution in [0.5, 0.6) is 0 Å². The molecule has 24 heavy (non-hydrogen) atoms. The van der Waals surface area contributed by atoms with Crippen molar-refractivity contribution in [1.29, 1.82) is 0 Å². The molecule has 1 aromatic rings. The van der Waals surface area contributed by atoms with Crippen molar-refractivity contribution in [2.75, 3.05) is 26.7 Å². The standard InChI is InChI=1S/C17H27N5O2/c1-12-10-13(2)22(19-12)9-8-21-7-5-6-14(11-21)17(3)15(23)20(4)16(24)18-17/h10,14H,5-9,11H2,1-4H3,(H,18,24)/t14-,17+/m0/s1. The monoisotopic (exact) mass is 333 g/mol. The van der Waals surface area contributed by atoms with E-state index in [0.717, 1.165) is 44.7 Å². The Kier molecular flexibility index (Phi) is 4.38. The first kappa shape index (κ1) is 17.0. The molecule has 7 heteroatoms. The van der Waals surface area contributed by atoms with Gasteiger partial charge >= 0.3 is 6.03 Å². The van der Waals surface area contributed by atoms with Gasteiger partial charge in [0.25, 0.3) is 5.91 Å². The quantitative estimate of drug-likeness (QED) is 0.839. The number of aromatic nitrogens is 2. The highest BCUT2D eigenvalue weighted by Gasteiger charge is 2.51. The van der Waals surface area contributed by atoms with Crippen LogP contribution in [0.3, 0.4) is 0 Å². The number of nitrogens with one attached hydrogen (secondary N) is 1. The molecule has 0 radical (unpaired) electrons. The second-order valence-corrected chi connectivity index (χ2v) is 7.29. The molecule has 2 atom stereocenters. The average molecular weight is 333 g/mol. The van der Waals surface area contributed by atoms with Gasteiger partial charge < -0.3 is 10.2 Å². The van der Waals surface area contributed by atoms with Gasteiger partial charge in [-0.2, -0.15) is 5.10 Å². The van der Waals surface area contributed by atoms with E-state index in [1.807, 2.05) is 18.5 Å². The van der Waals surface area contributed by atoms with Gasteiger partial charge in [0.15, 0.2) is 0 Å². The first-order valence-corrected chi connectivity index (χ1v) is 8.65. The van der Waals surface area contributed by atoms with Crippen LogP contribution in [0.15, 0.2) is 6.07 Å². The van der Waals surface area contributed by atoms with Crippen molar-refractivity contribution >= 4 is 11.9 Å². The van der Waals surface area contributed by atoms with Crippen LogP contribution in [-0.4, -0.2) is 63.7 Å². The Morgan fingerprint density at radius 3 is 2.67 bits per heavy atom. The van der Waals surface area contributed by atoms with Gasteiger partial charge in [0.1, 0.15) is 5.54 Å². The van der Waals surface area contributed by atoms with E-state index in [9.17, 15) is 9.59 Å². The Morgan fingerprint density at radius 2 is 2.08 bits per heavy atom. The molecule has 0 bridgehead atoms. The number of hydrogen-bond donors (Lipinski definition) is 1. The molecule has 1 aromatic heterocycles. The number of amides is 3. The number of likely N-dealkylation sites (N-methyl/N-ethyl adjacent to an activating group) is 1. The van der Waals surface area contributed by atoms with Crippen molar-refractivity contribution in [3.63, 3.8) is 0 Å². The lowest BCUT2D eigenvalue weighted by Gasteiger charge is -2.39. The molecule has 3 rings (SSSR count). The SMILES string of the molecule is Cc1cc(C)n(CCN2CCC[C@H]([C@@]3(C)NC(=O)N(C)C3=O)C2)n1. The fourth-order valence-electron chi connectivity index (χ4n) is 3.94. The van der Waals surface area contributed by atoms with Gasteiger partial charge in [0, 0.05) is 31.7 Å². The molecule has 0 unspecified atom stereocenters. The van der Waals surface area contributed by atoms with Crippen molar-refractivity contribution in [3.8, 4) is 0 Å². The minimum atomic E-state index is -0.775. The number of piperidine rings is 1. The number of nitrogens with zero attached hydrogens (tertiary/aromatic N) is 4. The average Bonchev–Trinajstić information content (AvgIpc) is 2.98. The molecule has 7 nitrogen and oxygen atoms in total. The number of rotatable bonds is 4. The summed E-state index contributed by atoms with van der Waals surface area (Å²) in [6.07, 6.45) is 2.01. The lowest BCUT2D eigenvalue weighted by Crippen LogP contribution is -2.56. The molecule has 1 N–H and O–H groups in total. The summed E-state index contributed by atoms with van der Waals surface area (Å²) in [6, 6.07) is 1.80. The van der Waals surface area contributed by atoms with Crippen molar-refractivity contribution in [3.05, 3.63) is 17.5 Å². The maximum absolute atomic E-state index is 12.5. The maximum Gasteiger partial charge on any atom is 0.324 e. The summed E-state index contributed by atoms with van der Waals surface area (Å²) in [6.45, 7) is 9.57. The van der Waals surface area contributed by atoms with Crippen LogP contribution in [0.4, 0.5) is 4.79 Å². The van der Waals surface area contributed by atoms with Crippen LogP contribution in [0.1, 0.15) is 31.2 Å². The summed E-state index contributed by atoms with van der Waals surface area (Å²) in [4.78, 5) is 27.9. The highest BCUT2D eigenvalue weighted by Crippen LogP contribution is 2.31. The Balaban J connectivity index is 1.63. The van der Waals surface area contributed by atoms with Gasteiger partial charge in [-0.25, -0.2) is 4.79 Å². The van der Waals surface area contributed by atoms with Crippen LogP contribution >= 0.6 is 0 Å². The summed E-state index contributed by atoms with van der Waals surface area (Å²) >= 11 is 0. The van der Waals surface area contributed by atoms with Crippen molar-refractivity contribution in [2.45, 2.75) is 45.7 Å². The van der Waals surface area contributed by atoms with Crippen LogP contribution in [0.25, 0.3) is 0 Å². The van der Waals surface area contributed by atoms with Gasteiger partial charge in [0.2, 0.25) is 0 Å². The summed E-state index contributed by atoms with van der Waals surface area (Å²) in [5.74, 6) is 0.0333. The van der Waals surface area contributed by atoms with Gasteiger partial charge in [-0.1, -0.05) is 0 Å². The van der Waals surface area contributed by atoms with E-state index in [2.05, 4.69) is 28.3 Å². The molecular weight excluding hydrogens is 306 g/mol. The van der Waals surface area contributed by atoms with Gasteiger partial charge in [-0.3, -0.25) is 14.4 Å². The van der Waals surface area contributed by atoms with Gasteiger partial charge in [-0.05, 0) is 46.2 Å². The lowest BCUT2D eigenvalue weighted by atomic mass is 9.80. The lowest BCUT2D eigenvalue weighted by molar-refractivity contribution is -0.132. The normalized spacial score (nSPS) is 28.5. The number of aryl methyl sites for hydroxylation is 2. The number of likely N-dealkylation sites (tertiary alicyclic amines) is 1. The van der Waals surface area contributed by atoms with E-state index in [1.165, 1.54) is 10.6 Å². The zero-order valence-electron chi connectivity index (χ0n) is 15.0. The van der Waals surface area contributed by atoms with Crippen LogP contribution < -0.4 is 5.32 Å². The first-order valence-electron chi connectivity index (χ1n) is 8.65. The molecule has 2 saturated heterocycles. The predicted octanol–water partition coefficient (Wildman–Crippen LogP) is 1.15. The van der Waals surface area contributed by atoms with Crippen molar-refractivity contribution < 1.29 is 9.59 Å². The number of urea groups is 1. The molecule has 0 aliphatic carbocycles. The van der Waals surface area contributed by atoms with Crippen LogP contribution in [0, 0.1) is 19.8 Å². The molecule has 0 spiro atoms.